The first-order valence-electron chi connectivity index (χ1n) is 6.31. The SMILES string of the molecule is C[C@H](CCc1ccccc1)NC(=O)N[C@@H](C)C(=O)[O-]. The van der Waals surface area contributed by atoms with Gasteiger partial charge in [-0.05, 0) is 32.3 Å². The molecule has 0 bridgehead atoms. The van der Waals surface area contributed by atoms with Gasteiger partial charge in [0.1, 0.15) is 0 Å². The Kier molecular flexibility index (Phi) is 5.85. The highest BCUT2D eigenvalue weighted by Crippen LogP contribution is 2.04. The zero-order valence-electron chi connectivity index (χ0n) is 11.2. The summed E-state index contributed by atoms with van der Waals surface area (Å²) in [6, 6.07) is 8.45. The van der Waals surface area contributed by atoms with E-state index in [1.165, 1.54) is 12.5 Å². The predicted octanol–water partition coefficient (Wildman–Crippen LogP) is 0.445. The minimum atomic E-state index is -1.30. The van der Waals surface area contributed by atoms with Gasteiger partial charge in [0.2, 0.25) is 0 Å². The molecule has 19 heavy (non-hydrogen) atoms. The van der Waals surface area contributed by atoms with E-state index >= 15 is 0 Å². The Morgan fingerprint density at radius 1 is 1.16 bits per heavy atom. The monoisotopic (exact) mass is 263 g/mol. The van der Waals surface area contributed by atoms with Crippen molar-refractivity contribution in [1.82, 2.24) is 10.6 Å². The van der Waals surface area contributed by atoms with Crippen molar-refractivity contribution in [3.05, 3.63) is 35.9 Å². The van der Waals surface area contributed by atoms with Crippen molar-refractivity contribution < 1.29 is 14.7 Å². The van der Waals surface area contributed by atoms with Gasteiger partial charge in [-0.2, -0.15) is 0 Å². The van der Waals surface area contributed by atoms with E-state index in [0.717, 1.165) is 12.8 Å². The van der Waals surface area contributed by atoms with Crippen LogP contribution in [0.1, 0.15) is 25.8 Å². The van der Waals surface area contributed by atoms with Crippen LogP contribution >= 0.6 is 0 Å². The topological polar surface area (TPSA) is 81.3 Å². The van der Waals surface area contributed by atoms with E-state index in [-0.39, 0.29) is 6.04 Å². The van der Waals surface area contributed by atoms with Crippen LogP contribution in [0.2, 0.25) is 0 Å². The van der Waals surface area contributed by atoms with Crippen LogP contribution in [0, 0.1) is 0 Å². The predicted molar refractivity (Wildman–Crippen MR) is 70.4 cm³/mol. The molecule has 0 aromatic heterocycles. The number of aliphatic carboxylic acids is 1. The number of carbonyl (C=O) groups excluding carboxylic acids is 2. The molecule has 0 spiro atoms. The van der Waals surface area contributed by atoms with Crippen LogP contribution in [0.5, 0.6) is 0 Å². The largest absolute Gasteiger partial charge is 0.548 e. The summed E-state index contributed by atoms with van der Waals surface area (Å²) < 4.78 is 0. The molecular formula is C14H19N2O3-. The fourth-order valence-corrected chi connectivity index (χ4v) is 1.62. The van der Waals surface area contributed by atoms with Gasteiger partial charge in [0.25, 0.3) is 0 Å². The smallest absolute Gasteiger partial charge is 0.315 e. The number of aryl methyl sites for hydroxylation is 1. The Balaban J connectivity index is 2.29. The van der Waals surface area contributed by atoms with E-state index < -0.39 is 18.0 Å². The van der Waals surface area contributed by atoms with Crippen molar-refractivity contribution >= 4 is 12.0 Å². The van der Waals surface area contributed by atoms with Crippen molar-refractivity contribution in [2.24, 2.45) is 0 Å². The Hall–Kier alpha value is -2.04. The third-order valence-electron chi connectivity index (χ3n) is 2.79. The number of hydrogen-bond acceptors (Lipinski definition) is 3. The zero-order valence-corrected chi connectivity index (χ0v) is 11.2. The number of benzene rings is 1. The molecule has 5 nitrogen and oxygen atoms in total. The quantitative estimate of drug-likeness (QED) is 0.781. The zero-order chi connectivity index (χ0) is 14.3. The standard InChI is InChI=1S/C14H20N2O3/c1-10(8-9-12-6-4-3-5-7-12)15-14(19)16-11(2)13(17)18/h3-7,10-11H,8-9H2,1-2H3,(H,17,18)(H2,15,16,19)/p-1/t10-,11+/m1/s1. The van der Waals surface area contributed by atoms with Crippen LogP contribution in [0.3, 0.4) is 0 Å². The molecule has 2 amide bonds. The lowest BCUT2D eigenvalue weighted by Gasteiger charge is -2.18. The number of rotatable bonds is 6. The number of carboxylic acid groups (broad SMARTS) is 1. The number of nitrogens with one attached hydrogen (secondary N) is 2. The van der Waals surface area contributed by atoms with E-state index in [2.05, 4.69) is 10.6 Å². The van der Waals surface area contributed by atoms with E-state index in [0.29, 0.717) is 0 Å². The fraction of sp³-hybridized carbons (Fsp3) is 0.429. The molecule has 2 N–H and O–H groups in total. The van der Waals surface area contributed by atoms with E-state index in [1.807, 2.05) is 37.3 Å². The Morgan fingerprint density at radius 2 is 1.79 bits per heavy atom. The normalized spacial score (nSPS) is 13.4. The van der Waals surface area contributed by atoms with E-state index in [4.69, 9.17) is 0 Å². The molecule has 0 radical (unpaired) electrons. The van der Waals surface area contributed by atoms with Gasteiger partial charge in [0, 0.05) is 6.04 Å². The second-order valence-electron chi connectivity index (χ2n) is 4.58. The molecule has 0 saturated carbocycles. The van der Waals surface area contributed by atoms with Gasteiger partial charge in [0.05, 0.1) is 12.0 Å². The molecular weight excluding hydrogens is 244 g/mol. The van der Waals surface area contributed by atoms with Gasteiger partial charge in [-0.15, -0.1) is 0 Å². The molecule has 0 fully saturated rings. The van der Waals surface area contributed by atoms with Crippen molar-refractivity contribution in [2.75, 3.05) is 0 Å². The second-order valence-corrected chi connectivity index (χ2v) is 4.58. The molecule has 1 aromatic carbocycles. The molecule has 0 aliphatic rings. The number of urea groups is 1. The van der Waals surface area contributed by atoms with Crippen molar-refractivity contribution in [2.45, 2.75) is 38.8 Å². The Bertz CT molecular complexity index is 420. The summed E-state index contributed by atoms with van der Waals surface area (Å²) in [5.74, 6) is -1.30. The first kappa shape index (κ1) is 15.0. The molecule has 0 aliphatic heterocycles. The molecule has 1 aromatic rings. The maximum Gasteiger partial charge on any atom is 0.315 e. The van der Waals surface area contributed by atoms with Crippen molar-refractivity contribution in [3.63, 3.8) is 0 Å². The minimum absolute atomic E-state index is 0.0332. The number of carboxylic acids is 1. The van der Waals surface area contributed by atoms with Crippen LogP contribution in [0.4, 0.5) is 4.79 Å². The maximum absolute atomic E-state index is 11.5. The van der Waals surface area contributed by atoms with Crippen molar-refractivity contribution in [1.29, 1.82) is 0 Å². The summed E-state index contributed by atoms with van der Waals surface area (Å²) in [7, 11) is 0. The summed E-state index contributed by atoms with van der Waals surface area (Å²) in [6.45, 7) is 3.25. The molecule has 104 valence electrons. The molecule has 5 heteroatoms. The van der Waals surface area contributed by atoms with Gasteiger partial charge in [-0.25, -0.2) is 4.79 Å². The summed E-state index contributed by atoms with van der Waals surface area (Å²) >= 11 is 0. The highest BCUT2D eigenvalue weighted by Gasteiger charge is 2.10. The van der Waals surface area contributed by atoms with E-state index in [1.54, 1.807) is 0 Å². The second kappa shape index (κ2) is 7.41. The molecule has 0 saturated heterocycles. The maximum atomic E-state index is 11.5. The molecule has 0 heterocycles. The van der Waals surface area contributed by atoms with Crippen LogP contribution in [0.15, 0.2) is 30.3 Å². The van der Waals surface area contributed by atoms with Crippen LogP contribution in [-0.2, 0) is 11.2 Å². The number of amides is 2. The van der Waals surface area contributed by atoms with E-state index in [9.17, 15) is 14.7 Å². The lowest BCUT2D eigenvalue weighted by Crippen LogP contribution is -2.51. The van der Waals surface area contributed by atoms with Crippen LogP contribution in [0.25, 0.3) is 0 Å². The fourth-order valence-electron chi connectivity index (χ4n) is 1.62. The summed E-state index contributed by atoms with van der Waals surface area (Å²) in [5.41, 5.74) is 1.21. The number of carbonyl (C=O) groups is 2. The highest BCUT2D eigenvalue weighted by atomic mass is 16.4. The first-order valence-corrected chi connectivity index (χ1v) is 6.31. The first-order chi connectivity index (χ1) is 8.99. The molecule has 0 unspecified atom stereocenters. The summed E-state index contributed by atoms with van der Waals surface area (Å²) in [6.07, 6.45) is 1.65. The lowest BCUT2D eigenvalue weighted by atomic mass is 10.1. The Labute approximate surface area is 113 Å². The minimum Gasteiger partial charge on any atom is -0.548 e. The molecule has 2 atom stereocenters. The molecule has 1 rings (SSSR count). The number of hydrogen-bond donors (Lipinski definition) is 2. The third kappa shape index (κ3) is 5.90. The van der Waals surface area contributed by atoms with Crippen molar-refractivity contribution in [3.8, 4) is 0 Å². The average molecular weight is 263 g/mol. The van der Waals surface area contributed by atoms with Gasteiger partial charge in [0.15, 0.2) is 0 Å². The van der Waals surface area contributed by atoms with Gasteiger partial charge in [-0.3, -0.25) is 0 Å². The summed E-state index contributed by atoms with van der Waals surface area (Å²) in [4.78, 5) is 21.9. The summed E-state index contributed by atoms with van der Waals surface area (Å²) in [5, 5.41) is 15.5. The average Bonchev–Trinajstić information content (AvgIpc) is 2.37. The van der Waals surface area contributed by atoms with Gasteiger partial charge >= 0.3 is 6.03 Å². The molecule has 0 aliphatic carbocycles. The lowest BCUT2D eigenvalue weighted by molar-refractivity contribution is -0.307. The van der Waals surface area contributed by atoms with Crippen LogP contribution in [-0.4, -0.2) is 24.1 Å². The third-order valence-corrected chi connectivity index (χ3v) is 2.79. The van der Waals surface area contributed by atoms with Gasteiger partial charge < -0.3 is 20.5 Å². The Morgan fingerprint density at radius 3 is 2.37 bits per heavy atom. The van der Waals surface area contributed by atoms with Gasteiger partial charge in [-0.1, -0.05) is 30.3 Å². The highest BCUT2D eigenvalue weighted by molar-refractivity contribution is 5.81. The van der Waals surface area contributed by atoms with Crippen LogP contribution < -0.4 is 15.7 Å².